The molecule has 1 heterocycles. The maximum absolute atomic E-state index is 11.6. The van der Waals surface area contributed by atoms with E-state index in [1.807, 2.05) is 6.92 Å². The van der Waals surface area contributed by atoms with Crippen molar-refractivity contribution in [1.29, 1.82) is 0 Å². The normalized spacial score (nSPS) is 11.2. The highest BCUT2D eigenvalue weighted by Crippen LogP contribution is 2.19. The Balaban J connectivity index is 2.33. The summed E-state index contributed by atoms with van der Waals surface area (Å²) in [4.78, 5) is 11.6. The van der Waals surface area contributed by atoms with Crippen LogP contribution in [0.25, 0.3) is 6.08 Å². The number of aryl methyl sites for hydroxylation is 2. The standard InChI is InChI=1S/C13H20ClN3O3/c1-10-11(13(14)17(2)16-10)4-5-12(19)15-6-3-8-20-9-7-18/h4-5,18H,3,6-9H2,1-2H3,(H,15,19)/b5-4+. The van der Waals surface area contributed by atoms with Crippen molar-refractivity contribution in [2.24, 2.45) is 7.05 Å². The number of aliphatic hydroxyl groups is 1. The molecule has 0 saturated heterocycles. The van der Waals surface area contributed by atoms with E-state index in [1.54, 1.807) is 17.8 Å². The Morgan fingerprint density at radius 2 is 2.30 bits per heavy atom. The number of rotatable bonds is 8. The summed E-state index contributed by atoms with van der Waals surface area (Å²) in [6, 6.07) is 0. The monoisotopic (exact) mass is 301 g/mol. The molecule has 0 saturated carbocycles. The molecule has 112 valence electrons. The molecule has 1 amide bonds. The van der Waals surface area contributed by atoms with Gasteiger partial charge in [0.05, 0.1) is 18.9 Å². The van der Waals surface area contributed by atoms with E-state index < -0.39 is 0 Å². The fourth-order valence-corrected chi connectivity index (χ4v) is 1.84. The summed E-state index contributed by atoms with van der Waals surface area (Å²) in [6.07, 6.45) is 3.79. The number of carbonyl (C=O) groups is 1. The molecular weight excluding hydrogens is 282 g/mol. The van der Waals surface area contributed by atoms with Crippen LogP contribution in [0.3, 0.4) is 0 Å². The highest BCUT2D eigenvalue weighted by Gasteiger charge is 2.08. The zero-order chi connectivity index (χ0) is 15.0. The molecule has 0 bridgehead atoms. The van der Waals surface area contributed by atoms with Crippen molar-refractivity contribution in [1.82, 2.24) is 15.1 Å². The van der Waals surface area contributed by atoms with Gasteiger partial charge in [-0.2, -0.15) is 5.10 Å². The molecule has 2 N–H and O–H groups in total. The van der Waals surface area contributed by atoms with Crippen LogP contribution in [-0.2, 0) is 16.6 Å². The molecule has 7 heteroatoms. The number of nitrogens with zero attached hydrogens (tertiary/aromatic N) is 2. The predicted octanol–water partition coefficient (Wildman–Crippen LogP) is 0.910. The van der Waals surface area contributed by atoms with Gasteiger partial charge in [0.2, 0.25) is 5.91 Å². The van der Waals surface area contributed by atoms with Gasteiger partial charge in [0.15, 0.2) is 0 Å². The molecule has 0 aliphatic rings. The predicted molar refractivity (Wildman–Crippen MR) is 77.5 cm³/mol. The van der Waals surface area contributed by atoms with Gasteiger partial charge in [-0.1, -0.05) is 11.6 Å². The lowest BCUT2D eigenvalue weighted by atomic mass is 10.2. The van der Waals surface area contributed by atoms with Gasteiger partial charge in [0.25, 0.3) is 0 Å². The Hall–Kier alpha value is -1.37. The van der Waals surface area contributed by atoms with Crippen molar-refractivity contribution < 1.29 is 14.6 Å². The first-order valence-corrected chi connectivity index (χ1v) is 6.77. The first-order chi connectivity index (χ1) is 9.56. The van der Waals surface area contributed by atoms with Crippen LogP contribution < -0.4 is 5.32 Å². The Bertz CT molecular complexity index is 472. The SMILES string of the molecule is Cc1nn(C)c(Cl)c1/C=C/C(=O)NCCCOCCO. The summed E-state index contributed by atoms with van der Waals surface area (Å²) >= 11 is 6.05. The van der Waals surface area contributed by atoms with E-state index >= 15 is 0 Å². The minimum Gasteiger partial charge on any atom is -0.394 e. The van der Waals surface area contributed by atoms with E-state index in [-0.39, 0.29) is 12.5 Å². The van der Waals surface area contributed by atoms with E-state index in [4.69, 9.17) is 21.4 Å². The number of hydrogen-bond acceptors (Lipinski definition) is 4. The Morgan fingerprint density at radius 3 is 2.90 bits per heavy atom. The lowest BCUT2D eigenvalue weighted by Crippen LogP contribution is -2.23. The van der Waals surface area contributed by atoms with Gasteiger partial charge >= 0.3 is 0 Å². The van der Waals surface area contributed by atoms with Gasteiger partial charge in [0, 0.05) is 31.8 Å². The van der Waals surface area contributed by atoms with Crippen LogP contribution in [0.4, 0.5) is 0 Å². The second-order valence-corrected chi connectivity index (χ2v) is 4.59. The molecule has 0 spiro atoms. The number of halogens is 1. The lowest BCUT2D eigenvalue weighted by molar-refractivity contribution is -0.116. The first kappa shape index (κ1) is 16.7. The Morgan fingerprint density at radius 1 is 1.55 bits per heavy atom. The molecule has 0 aromatic carbocycles. The van der Waals surface area contributed by atoms with Crippen LogP contribution in [-0.4, -0.2) is 47.2 Å². The molecule has 6 nitrogen and oxygen atoms in total. The van der Waals surface area contributed by atoms with E-state index in [0.717, 1.165) is 11.3 Å². The third-order valence-electron chi connectivity index (χ3n) is 2.60. The average molecular weight is 302 g/mol. The zero-order valence-corrected chi connectivity index (χ0v) is 12.5. The number of nitrogens with one attached hydrogen (secondary N) is 1. The molecule has 1 rings (SSSR count). The summed E-state index contributed by atoms with van der Waals surface area (Å²) < 4.78 is 6.64. The summed E-state index contributed by atoms with van der Waals surface area (Å²) in [7, 11) is 1.75. The number of carbonyl (C=O) groups excluding carboxylic acids is 1. The number of ether oxygens (including phenoxy) is 1. The maximum atomic E-state index is 11.6. The van der Waals surface area contributed by atoms with Gasteiger partial charge in [-0.15, -0.1) is 0 Å². The number of aromatic nitrogens is 2. The smallest absolute Gasteiger partial charge is 0.244 e. The number of aliphatic hydroxyl groups excluding tert-OH is 1. The molecule has 0 radical (unpaired) electrons. The lowest BCUT2D eigenvalue weighted by Gasteiger charge is -2.03. The number of amides is 1. The molecule has 20 heavy (non-hydrogen) atoms. The van der Waals surface area contributed by atoms with Crippen LogP contribution in [0, 0.1) is 6.92 Å². The maximum Gasteiger partial charge on any atom is 0.244 e. The van der Waals surface area contributed by atoms with Crippen LogP contribution in [0.15, 0.2) is 6.08 Å². The summed E-state index contributed by atoms with van der Waals surface area (Å²) in [5, 5.41) is 15.9. The van der Waals surface area contributed by atoms with Crippen LogP contribution in [0.2, 0.25) is 5.15 Å². The van der Waals surface area contributed by atoms with Crippen molar-refractivity contribution in [2.75, 3.05) is 26.4 Å². The minimum atomic E-state index is -0.188. The van der Waals surface area contributed by atoms with Gasteiger partial charge in [-0.05, 0) is 19.4 Å². The van der Waals surface area contributed by atoms with Gasteiger partial charge in [-0.3, -0.25) is 9.48 Å². The Kier molecular flexibility index (Phi) is 7.28. The fraction of sp³-hybridized carbons (Fsp3) is 0.538. The molecule has 0 aliphatic heterocycles. The van der Waals surface area contributed by atoms with Gasteiger partial charge < -0.3 is 15.2 Å². The molecule has 1 aromatic heterocycles. The van der Waals surface area contributed by atoms with Crippen molar-refractivity contribution >= 4 is 23.6 Å². The molecule has 0 fully saturated rings. The summed E-state index contributed by atoms with van der Waals surface area (Å²) in [5.74, 6) is -0.188. The third-order valence-corrected chi connectivity index (χ3v) is 3.05. The molecule has 0 unspecified atom stereocenters. The summed E-state index contributed by atoms with van der Waals surface area (Å²) in [5.41, 5.74) is 1.52. The second-order valence-electron chi connectivity index (χ2n) is 4.23. The van der Waals surface area contributed by atoms with E-state index in [0.29, 0.717) is 31.3 Å². The van der Waals surface area contributed by atoms with Crippen LogP contribution in [0.5, 0.6) is 0 Å². The largest absolute Gasteiger partial charge is 0.394 e. The zero-order valence-electron chi connectivity index (χ0n) is 11.7. The highest BCUT2D eigenvalue weighted by molar-refractivity contribution is 6.31. The first-order valence-electron chi connectivity index (χ1n) is 6.40. The quantitative estimate of drug-likeness (QED) is 0.553. The summed E-state index contributed by atoms with van der Waals surface area (Å²) in [6.45, 7) is 3.21. The number of hydrogen-bond donors (Lipinski definition) is 2. The van der Waals surface area contributed by atoms with E-state index in [1.165, 1.54) is 6.08 Å². The fourth-order valence-electron chi connectivity index (χ4n) is 1.61. The molecular formula is C13H20ClN3O3. The molecule has 0 aliphatic carbocycles. The van der Waals surface area contributed by atoms with Crippen molar-refractivity contribution in [3.63, 3.8) is 0 Å². The van der Waals surface area contributed by atoms with Crippen LogP contribution >= 0.6 is 11.6 Å². The molecule has 0 atom stereocenters. The van der Waals surface area contributed by atoms with Gasteiger partial charge in [-0.25, -0.2) is 0 Å². The second kappa shape index (κ2) is 8.73. The van der Waals surface area contributed by atoms with Crippen molar-refractivity contribution in [2.45, 2.75) is 13.3 Å². The highest BCUT2D eigenvalue weighted by atomic mass is 35.5. The van der Waals surface area contributed by atoms with Crippen LogP contribution in [0.1, 0.15) is 17.7 Å². The Labute approximate surface area is 123 Å². The third kappa shape index (κ3) is 5.32. The van der Waals surface area contributed by atoms with Crippen molar-refractivity contribution in [3.8, 4) is 0 Å². The van der Waals surface area contributed by atoms with E-state index in [2.05, 4.69) is 10.4 Å². The van der Waals surface area contributed by atoms with Crippen molar-refractivity contribution in [3.05, 3.63) is 22.5 Å². The van der Waals surface area contributed by atoms with E-state index in [9.17, 15) is 4.79 Å². The molecule has 1 aromatic rings. The average Bonchev–Trinajstić information content (AvgIpc) is 2.65. The minimum absolute atomic E-state index is 0.0142. The topological polar surface area (TPSA) is 76.4 Å². The van der Waals surface area contributed by atoms with Gasteiger partial charge in [0.1, 0.15) is 5.15 Å².